The third kappa shape index (κ3) is 3.87. The van der Waals surface area contributed by atoms with Gasteiger partial charge in [0.2, 0.25) is 0 Å². The van der Waals surface area contributed by atoms with Gasteiger partial charge in [-0.15, -0.1) is 0 Å². The number of hydrogen-bond acceptors (Lipinski definition) is 4. The Labute approximate surface area is 181 Å². The summed E-state index contributed by atoms with van der Waals surface area (Å²) < 4.78 is 20.7. The van der Waals surface area contributed by atoms with Gasteiger partial charge in [0, 0.05) is 5.69 Å². The summed E-state index contributed by atoms with van der Waals surface area (Å²) in [6.07, 6.45) is 0. The van der Waals surface area contributed by atoms with Gasteiger partial charge in [0.25, 0.3) is 11.5 Å². The van der Waals surface area contributed by atoms with Crippen LogP contribution in [0.5, 0.6) is 5.75 Å². The molecule has 1 aromatic heterocycles. The van der Waals surface area contributed by atoms with Crippen LogP contribution in [0.4, 0.5) is 10.1 Å². The van der Waals surface area contributed by atoms with Crippen LogP contribution >= 0.6 is 11.6 Å². The monoisotopic (exact) mass is 437 g/mol. The molecule has 0 aliphatic rings. The number of nitrogens with zero attached hydrogens (tertiary/aromatic N) is 2. The van der Waals surface area contributed by atoms with Gasteiger partial charge in [0.05, 0.1) is 34.3 Å². The maximum Gasteiger partial charge on any atom is 0.266 e. The molecule has 1 amide bonds. The van der Waals surface area contributed by atoms with Crippen LogP contribution in [0.15, 0.2) is 65.5 Å². The van der Waals surface area contributed by atoms with Crippen molar-refractivity contribution < 1.29 is 13.9 Å². The Balaban J connectivity index is 1.76. The van der Waals surface area contributed by atoms with Crippen molar-refractivity contribution in [2.75, 3.05) is 12.4 Å². The number of aryl methyl sites for hydroxylation is 1. The lowest BCUT2D eigenvalue weighted by molar-refractivity contribution is 0.102. The molecule has 156 valence electrons. The summed E-state index contributed by atoms with van der Waals surface area (Å²) in [5, 5.41) is 2.89. The first-order chi connectivity index (χ1) is 14.9. The molecule has 0 aliphatic carbocycles. The molecule has 0 saturated carbocycles. The molecule has 4 aromatic rings. The minimum Gasteiger partial charge on any atom is -0.497 e. The third-order valence-electron chi connectivity index (χ3n) is 4.81. The Morgan fingerprint density at radius 2 is 1.87 bits per heavy atom. The van der Waals surface area contributed by atoms with Crippen molar-refractivity contribution in [1.82, 2.24) is 9.55 Å². The maximum absolute atomic E-state index is 14.0. The second kappa shape index (κ2) is 8.20. The van der Waals surface area contributed by atoms with E-state index >= 15 is 0 Å². The number of halogens is 2. The van der Waals surface area contributed by atoms with Crippen molar-refractivity contribution in [2.24, 2.45) is 0 Å². The zero-order valence-corrected chi connectivity index (χ0v) is 17.4. The van der Waals surface area contributed by atoms with E-state index in [4.69, 9.17) is 16.3 Å². The molecule has 0 unspecified atom stereocenters. The van der Waals surface area contributed by atoms with E-state index in [0.717, 1.165) is 6.07 Å². The normalized spacial score (nSPS) is 10.8. The van der Waals surface area contributed by atoms with Crippen LogP contribution in [0.1, 0.15) is 16.2 Å². The quantitative estimate of drug-likeness (QED) is 0.500. The second-order valence-corrected chi connectivity index (χ2v) is 7.19. The zero-order valence-electron chi connectivity index (χ0n) is 16.6. The van der Waals surface area contributed by atoms with Gasteiger partial charge in [-0.2, -0.15) is 0 Å². The smallest absolute Gasteiger partial charge is 0.266 e. The first kappa shape index (κ1) is 20.6. The number of carbonyl (C=O) groups excluding carboxylic acids is 1. The van der Waals surface area contributed by atoms with Gasteiger partial charge in [-0.25, -0.2) is 9.37 Å². The lowest BCUT2D eigenvalue weighted by Gasteiger charge is -2.13. The highest BCUT2D eigenvalue weighted by atomic mass is 35.5. The van der Waals surface area contributed by atoms with Crippen molar-refractivity contribution >= 4 is 34.1 Å². The average Bonchev–Trinajstić information content (AvgIpc) is 2.74. The summed E-state index contributed by atoms with van der Waals surface area (Å²) in [4.78, 5) is 30.3. The van der Waals surface area contributed by atoms with Crippen molar-refractivity contribution in [3.05, 3.63) is 93.2 Å². The molecule has 3 aromatic carbocycles. The summed E-state index contributed by atoms with van der Waals surface area (Å²) in [6.45, 7) is 1.74. The highest BCUT2D eigenvalue weighted by molar-refractivity contribution is 6.34. The van der Waals surface area contributed by atoms with Crippen LogP contribution in [-0.4, -0.2) is 22.6 Å². The molecule has 1 heterocycles. The molecule has 0 radical (unpaired) electrons. The number of amides is 1. The number of hydrogen-bond donors (Lipinski definition) is 1. The lowest BCUT2D eigenvalue weighted by Crippen LogP contribution is -2.22. The van der Waals surface area contributed by atoms with Gasteiger partial charge in [0.1, 0.15) is 17.4 Å². The van der Waals surface area contributed by atoms with Crippen LogP contribution < -0.4 is 15.6 Å². The number of aromatic nitrogens is 2. The van der Waals surface area contributed by atoms with Gasteiger partial charge >= 0.3 is 0 Å². The number of fused-ring (bicyclic) bond motifs is 1. The van der Waals surface area contributed by atoms with E-state index < -0.39 is 11.7 Å². The van der Waals surface area contributed by atoms with Crippen LogP contribution in [-0.2, 0) is 0 Å². The fourth-order valence-corrected chi connectivity index (χ4v) is 3.57. The van der Waals surface area contributed by atoms with Gasteiger partial charge in [-0.1, -0.05) is 17.7 Å². The van der Waals surface area contributed by atoms with Crippen LogP contribution in [0.3, 0.4) is 0 Å². The van der Waals surface area contributed by atoms with Gasteiger partial charge in [-0.3, -0.25) is 14.2 Å². The number of ether oxygens (including phenoxy) is 1. The SMILES string of the molecule is COc1ccc(-n2c(C)nc3ccc(NC(=O)c4c(F)cccc4Cl)cc3c2=O)cc1. The summed E-state index contributed by atoms with van der Waals surface area (Å²) >= 11 is 5.97. The Morgan fingerprint density at radius 3 is 2.55 bits per heavy atom. The van der Waals surface area contributed by atoms with E-state index in [0.29, 0.717) is 33.9 Å². The van der Waals surface area contributed by atoms with Crippen molar-refractivity contribution in [1.29, 1.82) is 0 Å². The molecular formula is C23H17ClFN3O3. The Morgan fingerprint density at radius 1 is 1.13 bits per heavy atom. The molecule has 8 heteroatoms. The van der Waals surface area contributed by atoms with Gasteiger partial charge in [0.15, 0.2) is 0 Å². The molecular weight excluding hydrogens is 421 g/mol. The Hall–Kier alpha value is -3.71. The third-order valence-corrected chi connectivity index (χ3v) is 5.13. The van der Waals surface area contributed by atoms with Crippen LogP contribution in [0.2, 0.25) is 5.02 Å². The van der Waals surface area contributed by atoms with Crippen molar-refractivity contribution in [3.63, 3.8) is 0 Å². The maximum atomic E-state index is 14.0. The largest absolute Gasteiger partial charge is 0.497 e. The molecule has 0 aliphatic heterocycles. The lowest BCUT2D eigenvalue weighted by atomic mass is 10.1. The fourth-order valence-electron chi connectivity index (χ4n) is 3.32. The Kier molecular flexibility index (Phi) is 5.44. The Bertz CT molecular complexity index is 1350. The van der Waals surface area contributed by atoms with E-state index in [9.17, 15) is 14.0 Å². The molecule has 0 bridgehead atoms. The predicted octanol–water partition coefficient (Wildman–Crippen LogP) is 4.75. The minimum atomic E-state index is -0.732. The molecule has 4 rings (SSSR count). The van der Waals surface area contributed by atoms with Gasteiger partial charge < -0.3 is 10.1 Å². The first-order valence-electron chi connectivity index (χ1n) is 9.32. The van der Waals surface area contributed by atoms with E-state index in [1.165, 1.54) is 22.8 Å². The summed E-state index contributed by atoms with van der Waals surface area (Å²) in [7, 11) is 1.56. The molecule has 0 fully saturated rings. The number of anilines is 1. The molecule has 31 heavy (non-hydrogen) atoms. The number of benzene rings is 3. The predicted molar refractivity (Wildman–Crippen MR) is 118 cm³/mol. The molecule has 0 atom stereocenters. The number of rotatable bonds is 4. The van der Waals surface area contributed by atoms with Crippen molar-refractivity contribution in [3.8, 4) is 11.4 Å². The first-order valence-corrected chi connectivity index (χ1v) is 9.70. The number of nitrogens with one attached hydrogen (secondary N) is 1. The van der Waals surface area contributed by atoms with Gasteiger partial charge in [-0.05, 0) is 61.5 Å². The summed E-state index contributed by atoms with van der Waals surface area (Å²) in [5.41, 5.74) is 0.870. The molecule has 0 spiro atoms. The average molecular weight is 438 g/mol. The molecule has 0 saturated heterocycles. The number of carbonyl (C=O) groups is 1. The molecule has 1 N–H and O–H groups in total. The highest BCUT2D eigenvalue weighted by Gasteiger charge is 2.17. The summed E-state index contributed by atoms with van der Waals surface area (Å²) in [6, 6.07) is 15.7. The minimum absolute atomic E-state index is 0.00237. The summed E-state index contributed by atoms with van der Waals surface area (Å²) in [5.74, 6) is -0.263. The second-order valence-electron chi connectivity index (χ2n) is 6.78. The highest BCUT2D eigenvalue weighted by Crippen LogP contribution is 2.22. The fraction of sp³-hybridized carbons (Fsp3) is 0.0870. The van der Waals surface area contributed by atoms with E-state index in [-0.39, 0.29) is 16.1 Å². The number of methoxy groups -OCH3 is 1. The standard InChI is InChI=1S/C23H17ClFN3O3/c1-13-26-20-11-6-14(27-22(29)21-18(24)4-3-5-19(21)25)12-17(20)23(30)28(13)15-7-9-16(31-2)10-8-15/h3-12H,1-2H3,(H,27,29). The topological polar surface area (TPSA) is 73.2 Å². The van der Waals surface area contributed by atoms with Crippen LogP contribution in [0.25, 0.3) is 16.6 Å². The molecule has 6 nitrogen and oxygen atoms in total. The van der Waals surface area contributed by atoms with E-state index in [1.807, 2.05) is 0 Å². The van der Waals surface area contributed by atoms with Crippen molar-refractivity contribution in [2.45, 2.75) is 6.92 Å². The zero-order chi connectivity index (χ0) is 22.1. The van der Waals surface area contributed by atoms with E-state index in [2.05, 4.69) is 10.3 Å². The van der Waals surface area contributed by atoms with Crippen LogP contribution in [0, 0.1) is 12.7 Å². The van der Waals surface area contributed by atoms with E-state index in [1.54, 1.807) is 50.4 Å².